The first-order chi connectivity index (χ1) is 61.5. The summed E-state index contributed by atoms with van der Waals surface area (Å²) in [5.74, 6) is 0. The monoisotopic (exact) mass is 1580 g/mol. The highest BCUT2D eigenvalue weighted by Crippen LogP contribution is 2.48. The SMILES string of the molecule is c1ccc(-c2ccc(-n3c4ccc(-c5ccc6c(c5)c5c(-c7ccccc7)cccc5n6-c5cccc(-c6ccccc6)c5)cc4c4c(-c5ccccc5)cccc43)cc2)cc1.c1ccc(-c2cccc(-n3c4ccc(-c5ccc6c(c5)c5c(-c7ccccc7)cccc5n6-c5cccc(-c6ccccc6)c5)cc4c4c(-c5ccccc5)cccc43)c2)cc1. The van der Waals surface area contributed by atoms with Crippen LogP contribution in [-0.4, -0.2) is 18.3 Å². The Morgan fingerprint density at radius 2 is 0.290 bits per heavy atom. The molecule has 4 aromatic heterocycles. The van der Waals surface area contributed by atoms with Gasteiger partial charge in [-0.1, -0.05) is 364 Å². The van der Waals surface area contributed by atoms with E-state index in [1.165, 1.54) is 198 Å². The minimum absolute atomic E-state index is 1.14. The highest BCUT2D eigenvalue weighted by molar-refractivity contribution is 6.21. The van der Waals surface area contributed by atoms with Crippen molar-refractivity contribution in [3.63, 3.8) is 0 Å². The zero-order valence-electron chi connectivity index (χ0n) is 68.0. The maximum atomic E-state index is 2.44. The Kier molecular flexibility index (Phi) is 18.2. The van der Waals surface area contributed by atoms with Gasteiger partial charge >= 0.3 is 0 Å². The van der Waals surface area contributed by atoms with E-state index in [1.807, 2.05) is 0 Å². The molecule has 124 heavy (non-hydrogen) atoms. The van der Waals surface area contributed by atoms with Crippen molar-refractivity contribution in [2.75, 3.05) is 0 Å². The standard InChI is InChI=1S/2C60H40N2/c1-5-17-41(18-6-1)45-25-13-27-49(37-45)61-55-35-33-47(39-53(55)59-51(29-15-31-57(59)61)43-21-9-3-10-22-43)48-34-36-56-54(40-48)60-52(44-23-11-4-12-24-44)30-16-32-58(60)62(56)50-28-14-26-46(38-50)42-19-7-2-8-20-42;1-5-16-41(17-6-1)43-30-34-49(35-31-43)61-55-36-32-47(39-53(55)59-51(26-14-28-57(59)61)44-20-9-3-10-21-44)48-33-37-56-54(40-48)60-52(45-22-11-4-12-23-45)27-15-29-58(60)62(56)50-25-13-24-46(38-50)42-18-7-2-8-19-42/h2*1-40H. The molecule has 0 fully saturated rings. The lowest BCUT2D eigenvalue weighted by Gasteiger charge is -2.11. The van der Waals surface area contributed by atoms with Gasteiger partial charge in [0.2, 0.25) is 0 Å². The molecule has 0 spiro atoms. The predicted molar refractivity (Wildman–Crippen MR) is 525 cm³/mol. The molecule has 0 saturated heterocycles. The molecule has 4 heterocycles. The van der Waals surface area contributed by atoms with Crippen LogP contribution < -0.4 is 0 Å². The molecular weight excluding hydrogens is 1500 g/mol. The Morgan fingerprint density at radius 3 is 0.540 bits per heavy atom. The molecule has 0 aliphatic rings. The number of fused-ring (bicyclic) bond motifs is 12. The second-order valence-corrected chi connectivity index (χ2v) is 32.2. The van der Waals surface area contributed by atoms with Crippen LogP contribution in [0.15, 0.2) is 485 Å². The Morgan fingerprint density at radius 1 is 0.105 bits per heavy atom. The molecule has 4 nitrogen and oxygen atoms in total. The van der Waals surface area contributed by atoms with Gasteiger partial charge in [0.05, 0.1) is 44.1 Å². The lowest BCUT2D eigenvalue weighted by atomic mass is 9.96. The molecule has 0 radical (unpaired) electrons. The van der Waals surface area contributed by atoms with Crippen LogP contribution in [0.3, 0.4) is 0 Å². The molecule has 0 amide bonds. The molecule has 0 saturated carbocycles. The van der Waals surface area contributed by atoms with E-state index < -0.39 is 0 Å². The zero-order valence-corrected chi connectivity index (χ0v) is 68.0. The highest BCUT2D eigenvalue weighted by atomic mass is 15.0. The molecule has 0 N–H and O–H groups in total. The van der Waals surface area contributed by atoms with Crippen LogP contribution in [0.2, 0.25) is 0 Å². The number of benzene rings is 20. The summed E-state index contributed by atoms with van der Waals surface area (Å²) in [6.45, 7) is 0. The van der Waals surface area contributed by atoms with Gasteiger partial charge in [0.1, 0.15) is 0 Å². The first kappa shape index (κ1) is 72.8. The van der Waals surface area contributed by atoms with E-state index in [0.717, 1.165) is 22.7 Å². The average Bonchev–Trinajstić information content (AvgIpc) is 1.58. The first-order valence-electron chi connectivity index (χ1n) is 42.7. The summed E-state index contributed by atoms with van der Waals surface area (Å²) in [5.41, 5.74) is 38.2. The van der Waals surface area contributed by atoms with Crippen LogP contribution in [0.4, 0.5) is 0 Å². The van der Waals surface area contributed by atoms with Crippen LogP contribution in [0.25, 0.3) is 221 Å². The predicted octanol–water partition coefficient (Wildman–Crippen LogP) is 32.4. The molecule has 0 bridgehead atoms. The fourth-order valence-electron chi connectivity index (χ4n) is 19.3. The van der Waals surface area contributed by atoms with Gasteiger partial charge in [0.25, 0.3) is 0 Å². The molecule has 0 aliphatic heterocycles. The number of hydrogen-bond acceptors (Lipinski definition) is 0. The van der Waals surface area contributed by atoms with Gasteiger partial charge in [-0.25, -0.2) is 0 Å². The topological polar surface area (TPSA) is 19.7 Å². The van der Waals surface area contributed by atoms with Crippen molar-refractivity contribution in [1.82, 2.24) is 18.3 Å². The normalized spacial score (nSPS) is 11.5. The van der Waals surface area contributed by atoms with Gasteiger partial charge in [-0.15, -0.1) is 0 Å². The van der Waals surface area contributed by atoms with E-state index >= 15 is 0 Å². The smallest absolute Gasteiger partial charge is 0.0547 e. The molecule has 580 valence electrons. The Bertz CT molecular complexity index is 7910. The van der Waals surface area contributed by atoms with Crippen molar-refractivity contribution in [3.05, 3.63) is 485 Å². The molecular formula is C120H80N4. The van der Waals surface area contributed by atoms with Gasteiger partial charge in [-0.2, -0.15) is 0 Å². The second kappa shape index (κ2) is 31.1. The summed E-state index contributed by atoms with van der Waals surface area (Å²) < 4.78 is 9.77. The molecule has 20 aromatic carbocycles. The number of aromatic nitrogens is 4. The van der Waals surface area contributed by atoms with Crippen molar-refractivity contribution < 1.29 is 0 Å². The molecule has 0 unspecified atom stereocenters. The van der Waals surface area contributed by atoms with Crippen LogP contribution in [0, 0.1) is 0 Å². The van der Waals surface area contributed by atoms with Crippen molar-refractivity contribution in [2.45, 2.75) is 0 Å². The minimum Gasteiger partial charge on any atom is -0.309 e. The van der Waals surface area contributed by atoms with E-state index in [9.17, 15) is 0 Å². The zero-order chi connectivity index (χ0) is 82.0. The second-order valence-electron chi connectivity index (χ2n) is 32.2. The third kappa shape index (κ3) is 12.9. The third-order valence-electron chi connectivity index (χ3n) is 25.0. The van der Waals surface area contributed by atoms with Crippen LogP contribution in [-0.2, 0) is 0 Å². The largest absolute Gasteiger partial charge is 0.309 e. The summed E-state index contributed by atoms with van der Waals surface area (Å²) in [4.78, 5) is 0. The fraction of sp³-hybridized carbons (Fsp3) is 0. The fourth-order valence-corrected chi connectivity index (χ4v) is 19.3. The Balaban J connectivity index is 0.000000143. The van der Waals surface area contributed by atoms with Crippen molar-refractivity contribution in [2.24, 2.45) is 0 Å². The van der Waals surface area contributed by atoms with Crippen molar-refractivity contribution >= 4 is 87.2 Å². The number of rotatable bonds is 14. The quantitative estimate of drug-likeness (QED) is 0.103. The first-order valence-corrected chi connectivity index (χ1v) is 42.7. The molecule has 0 atom stereocenters. The van der Waals surface area contributed by atoms with Gasteiger partial charge in [-0.3, -0.25) is 0 Å². The number of hydrogen-bond donors (Lipinski definition) is 0. The molecule has 4 heteroatoms. The summed E-state index contributed by atoms with van der Waals surface area (Å²) in [6.07, 6.45) is 0. The van der Waals surface area contributed by atoms with Crippen molar-refractivity contribution in [1.29, 1.82) is 0 Å². The average molecular weight is 1580 g/mol. The van der Waals surface area contributed by atoms with Crippen LogP contribution in [0.1, 0.15) is 0 Å². The summed E-state index contributed by atoms with van der Waals surface area (Å²) in [7, 11) is 0. The molecule has 24 rings (SSSR count). The maximum absolute atomic E-state index is 2.44. The van der Waals surface area contributed by atoms with Crippen LogP contribution >= 0.6 is 0 Å². The molecule has 24 aromatic rings. The molecule has 0 aliphatic carbocycles. The van der Waals surface area contributed by atoms with Gasteiger partial charge < -0.3 is 18.3 Å². The van der Waals surface area contributed by atoms with Gasteiger partial charge in [-0.05, 0) is 233 Å². The lowest BCUT2D eigenvalue weighted by molar-refractivity contribution is 1.18. The minimum atomic E-state index is 1.14. The summed E-state index contributed by atoms with van der Waals surface area (Å²) in [5, 5.41) is 9.93. The van der Waals surface area contributed by atoms with E-state index in [-0.39, 0.29) is 0 Å². The van der Waals surface area contributed by atoms with E-state index in [1.54, 1.807) is 0 Å². The highest BCUT2D eigenvalue weighted by Gasteiger charge is 2.25. The third-order valence-corrected chi connectivity index (χ3v) is 25.0. The van der Waals surface area contributed by atoms with Crippen LogP contribution in [0.5, 0.6) is 0 Å². The van der Waals surface area contributed by atoms with E-state index in [2.05, 4.69) is 504 Å². The van der Waals surface area contributed by atoms with E-state index in [0.29, 0.717) is 0 Å². The Labute approximate surface area is 719 Å². The summed E-state index contributed by atoms with van der Waals surface area (Å²) in [6, 6.07) is 177. The van der Waals surface area contributed by atoms with Crippen molar-refractivity contribution in [3.8, 4) is 134 Å². The lowest BCUT2D eigenvalue weighted by Crippen LogP contribution is -1.95. The van der Waals surface area contributed by atoms with Gasteiger partial charge in [0.15, 0.2) is 0 Å². The summed E-state index contributed by atoms with van der Waals surface area (Å²) >= 11 is 0. The van der Waals surface area contributed by atoms with E-state index in [4.69, 9.17) is 0 Å². The maximum Gasteiger partial charge on any atom is 0.0547 e. The number of nitrogens with zero attached hydrogens (tertiary/aromatic N) is 4. The van der Waals surface area contributed by atoms with Gasteiger partial charge in [0, 0.05) is 65.8 Å². The Hall–Kier alpha value is -16.4.